The molecule has 0 aliphatic heterocycles. The molecular weight excluding hydrogens is 158 g/mol. The van der Waals surface area contributed by atoms with E-state index in [1.54, 1.807) is 0 Å². The monoisotopic (exact) mass is 167 g/mol. The number of anilines is 2. The molecule has 0 aromatic heterocycles. The van der Waals surface area contributed by atoms with Crippen LogP contribution in [-0.2, 0) is 6.54 Å². The molecule has 0 aliphatic carbocycles. The van der Waals surface area contributed by atoms with Crippen LogP contribution >= 0.6 is 0 Å². The first-order chi connectivity index (χ1) is 5.65. The zero-order valence-electron chi connectivity index (χ0n) is 6.32. The smallest absolute Gasteiger partial charge is 0.119 e. The number of hydrogen-bond acceptors (Lipinski definition) is 5. The highest BCUT2D eigenvalue weighted by molar-refractivity contribution is 5.64. The van der Waals surface area contributed by atoms with Crippen LogP contribution in [0.1, 0.15) is 5.56 Å². The molecule has 5 nitrogen and oxygen atoms in total. The zero-order valence-corrected chi connectivity index (χ0v) is 6.32. The molecule has 64 valence electrons. The first-order valence-corrected chi connectivity index (χ1v) is 3.31. The van der Waals surface area contributed by atoms with Gasteiger partial charge in [-0.05, 0) is 0 Å². The summed E-state index contributed by atoms with van der Waals surface area (Å²) in [7, 11) is 0. The normalized spacial score (nSPS) is 9.67. The van der Waals surface area contributed by atoms with Gasteiger partial charge in [0.2, 0.25) is 0 Å². The largest absolute Gasteiger partial charge is 0.508 e. The van der Waals surface area contributed by atoms with Gasteiger partial charge in [0.15, 0.2) is 0 Å². The van der Waals surface area contributed by atoms with Crippen molar-refractivity contribution in [2.75, 3.05) is 11.5 Å². The van der Waals surface area contributed by atoms with Crippen LogP contribution in [0.3, 0.4) is 0 Å². The van der Waals surface area contributed by atoms with Crippen molar-refractivity contribution in [3.8, 4) is 5.75 Å². The number of aromatic hydroxyl groups is 1. The summed E-state index contributed by atoms with van der Waals surface area (Å²) < 4.78 is 0. The number of rotatable bonds is 2. The van der Waals surface area contributed by atoms with Crippen LogP contribution in [0.5, 0.6) is 5.75 Å². The maximum atomic E-state index is 9.94. The van der Waals surface area contributed by atoms with Gasteiger partial charge in [0.1, 0.15) is 12.3 Å². The summed E-state index contributed by atoms with van der Waals surface area (Å²) in [6.07, 6.45) is 0. The molecule has 1 rings (SSSR count). The van der Waals surface area contributed by atoms with Crippen molar-refractivity contribution >= 4 is 11.4 Å². The molecule has 1 aromatic carbocycles. The highest BCUT2D eigenvalue weighted by Gasteiger charge is 2.05. The first kappa shape index (κ1) is 8.32. The lowest BCUT2D eigenvalue weighted by molar-refractivity contribution is 0.476. The minimum atomic E-state index is -0.0715. The van der Waals surface area contributed by atoms with E-state index >= 15 is 0 Å². The molecule has 5 N–H and O–H groups in total. The van der Waals surface area contributed by atoms with E-state index < -0.39 is 0 Å². The van der Waals surface area contributed by atoms with Crippen LogP contribution in [0.25, 0.3) is 0 Å². The number of phenols is 1. The lowest BCUT2D eigenvalue weighted by atomic mass is 10.1. The summed E-state index contributed by atoms with van der Waals surface area (Å²) in [5.74, 6) is -0.0142. The van der Waals surface area contributed by atoms with E-state index in [9.17, 15) is 4.91 Å². The Labute approximate surface area is 69.0 Å². The molecule has 0 aliphatic rings. The Balaban J connectivity index is 3.18. The Morgan fingerprint density at radius 1 is 1.33 bits per heavy atom. The van der Waals surface area contributed by atoms with E-state index in [0.29, 0.717) is 5.56 Å². The van der Waals surface area contributed by atoms with Crippen molar-refractivity contribution < 1.29 is 5.11 Å². The number of hydrogen-bond donors (Lipinski definition) is 3. The van der Waals surface area contributed by atoms with Gasteiger partial charge in [0, 0.05) is 29.1 Å². The van der Waals surface area contributed by atoms with E-state index in [0.717, 1.165) is 0 Å². The van der Waals surface area contributed by atoms with Crippen molar-refractivity contribution in [2.24, 2.45) is 5.18 Å². The minimum absolute atomic E-state index is 0.0142. The second kappa shape index (κ2) is 3.08. The van der Waals surface area contributed by atoms with Crippen LogP contribution in [0.2, 0.25) is 0 Å². The number of phenolic OH excluding ortho intramolecular Hbond substituents is 1. The summed E-state index contributed by atoms with van der Waals surface area (Å²) in [6, 6.07) is 2.66. The summed E-state index contributed by atoms with van der Waals surface area (Å²) in [6.45, 7) is -0.0715. The summed E-state index contributed by atoms with van der Waals surface area (Å²) in [5, 5.41) is 11.7. The van der Waals surface area contributed by atoms with Crippen LogP contribution in [0.4, 0.5) is 11.4 Å². The third-order valence-electron chi connectivity index (χ3n) is 1.53. The molecule has 12 heavy (non-hydrogen) atoms. The quantitative estimate of drug-likeness (QED) is 0.448. The highest BCUT2D eigenvalue weighted by Crippen LogP contribution is 2.26. The Hall–Kier alpha value is -1.78. The van der Waals surface area contributed by atoms with Crippen molar-refractivity contribution in [3.63, 3.8) is 0 Å². The fraction of sp³-hybridized carbons (Fsp3) is 0.143. The Kier molecular flexibility index (Phi) is 2.14. The molecule has 0 saturated heterocycles. The van der Waals surface area contributed by atoms with Gasteiger partial charge in [-0.3, -0.25) is 0 Å². The average Bonchev–Trinajstić information content (AvgIpc) is 1.96. The number of benzene rings is 1. The van der Waals surface area contributed by atoms with Crippen LogP contribution in [0.15, 0.2) is 17.3 Å². The molecule has 0 bridgehead atoms. The van der Waals surface area contributed by atoms with Gasteiger partial charge in [-0.15, -0.1) is 0 Å². The van der Waals surface area contributed by atoms with Crippen LogP contribution < -0.4 is 11.5 Å². The third kappa shape index (κ3) is 1.45. The van der Waals surface area contributed by atoms with Gasteiger partial charge in [-0.2, -0.15) is 4.91 Å². The first-order valence-electron chi connectivity index (χ1n) is 3.31. The van der Waals surface area contributed by atoms with Gasteiger partial charge in [0.25, 0.3) is 0 Å². The molecule has 0 heterocycles. The summed E-state index contributed by atoms with van der Waals surface area (Å²) in [5.41, 5.74) is 12.0. The lowest BCUT2D eigenvalue weighted by Crippen LogP contribution is -1.98. The summed E-state index contributed by atoms with van der Waals surface area (Å²) in [4.78, 5) is 9.94. The molecule has 0 fully saturated rings. The van der Waals surface area contributed by atoms with Gasteiger partial charge in [0.05, 0.1) is 0 Å². The minimum Gasteiger partial charge on any atom is -0.508 e. The molecule has 1 aromatic rings. The molecule has 0 unspecified atom stereocenters. The topological polar surface area (TPSA) is 102 Å². The lowest BCUT2D eigenvalue weighted by Gasteiger charge is -2.05. The number of nitrogens with zero attached hydrogens (tertiary/aromatic N) is 1. The van der Waals surface area contributed by atoms with Gasteiger partial charge >= 0.3 is 0 Å². The molecule has 0 amide bonds. The van der Waals surface area contributed by atoms with Crippen molar-refractivity contribution in [3.05, 3.63) is 22.6 Å². The molecule has 0 spiro atoms. The van der Waals surface area contributed by atoms with Crippen molar-refractivity contribution in [1.82, 2.24) is 0 Å². The SMILES string of the molecule is Nc1cc(O)cc(N)c1CN=O. The van der Waals surface area contributed by atoms with Gasteiger partial charge in [-0.1, -0.05) is 5.18 Å². The predicted octanol–water partition coefficient (Wildman–Crippen LogP) is 0.823. The van der Waals surface area contributed by atoms with Crippen LogP contribution in [0, 0.1) is 4.91 Å². The van der Waals surface area contributed by atoms with E-state index in [1.807, 2.05) is 0 Å². The molecule has 0 atom stereocenters. The zero-order chi connectivity index (χ0) is 9.14. The maximum Gasteiger partial charge on any atom is 0.119 e. The number of nitrogen functional groups attached to an aromatic ring is 2. The van der Waals surface area contributed by atoms with Crippen LogP contribution in [-0.4, -0.2) is 5.11 Å². The Bertz CT molecular complexity index is 289. The second-order valence-corrected chi connectivity index (χ2v) is 2.39. The predicted molar refractivity (Wildman–Crippen MR) is 46.4 cm³/mol. The van der Waals surface area contributed by atoms with E-state index in [2.05, 4.69) is 5.18 Å². The number of nitrogens with two attached hydrogens (primary N) is 2. The van der Waals surface area contributed by atoms with Gasteiger partial charge < -0.3 is 16.6 Å². The number of nitroso groups, excluding NO2 is 1. The van der Waals surface area contributed by atoms with E-state index in [4.69, 9.17) is 16.6 Å². The van der Waals surface area contributed by atoms with Gasteiger partial charge in [-0.25, -0.2) is 0 Å². The molecule has 5 heteroatoms. The third-order valence-corrected chi connectivity index (χ3v) is 1.53. The molecular formula is C7H9N3O2. The molecule has 0 saturated carbocycles. The summed E-state index contributed by atoms with van der Waals surface area (Å²) >= 11 is 0. The maximum absolute atomic E-state index is 9.94. The Morgan fingerprint density at radius 3 is 2.25 bits per heavy atom. The average molecular weight is 167 g/mol. The standard InChI is InChI=1S/C7H9N3O2/c8-6-1-4(11)2-7(9)5(6)3-10-12/h1-2,11H,3,8-9H2. The fourth-order valence-corrected chi connectivity index (χ4v) is 0.948. The second-order valence-electron chi connectivity index (χ2n) is 2.39. The molecule has 0 radical (unpaired) electrons. The van der Waals surface area contributed by atoms with E-state index in [1.165, 1.54) is 12.1 Å². The fourth-order valence-electron chi connectivity index (χ4n) is 0.948. The van der Waals surface area contributed by atoms with E-state index in [-0.39, 0.29) is 23.7 Å². The van der Waals surface area contributed by atoms with Crippen molar-refractivity contribution in [2.45, 2.75) is 6.54 Å². The van der Waals surface area contributed by atoms with Crippen molar-refractivity contribution in [1.29, 1.82) is 0 Å². The Morgan fingerprint density at radius 2 is 1.83 bits per heavy atom. The highest BCUT2D eigenvalue weighted by atomic mass is 16.3.